The molecule has 0 aliphatic rings. The normalized spacial score (nSPS) is 10.9. The van der Waals surface area contributed by atoms with Crippen LogP contribution in [0.5, 0.6) is 0 Å². The van der Waals surface area contributed by atoms with E-state index in [-0.39, 0.29) is 17.2 Å². The van der Waals surface area contributed by atoms with E-state index in [4.69, 9.17) is 4.42 Å². The number of rotatable bonds is 2. The van der Waals surface area contributed by atoms with Gasteiger partial charge in [-0.3, -0.25) is 4.79 Å². The van der Waals surface area contributed by atoms with E-state index < -0.39 is 0 Å². The van der Waals surface area contributed by atoms with E-state index in [9.17, 15) is 4.79 Å². The topological polar surface area (TPSA) is 73.3 Å². The Hall–Kier alpha value is -2.50. The first kappa shape index (κ1) is 9.71. The number of furan rings is 1. The summed E-state index contributed by atoms with van der Waals surface area (Å²) in [5.74, 6) is -0.0694. The molecule has 0 saturated carbocycles. The molecule has 0 amide bonds. The molecule has 3 heterocycles. The second-order valence-electron chi connectivity index (χ2n) is 3.61. The monoisotopic (exact) mass is 228 g/mol. The number of carbonyl (C=O) groups is 1. The predicted octanol–water partition coefficient (Wildman–Crippen LogP) is 1.26. The van der Waals surface area contributed by atoms with Crippen molar-refractivity contribution >= 4 is 11.4 Å². The molecule has 6 heteroatoms. The van der Waals surface area contributed by atoms with Crippen LogP contribution in [0.3, 0.4) is 0 Å². The maximum Gasteiger partial charge on any atom is 0.249 e. The molecule has 0 spiro atoms. The molecule has 0 atom stereocenters. The Kier molecular flexibility index (Phi) is 2.01. The third kappa shape index (κ3) is 1.59. The van der Waals surface area contributed by atoms with E-state index in [2.05, 4.69) is 15.3 Å². The molecule has 0 aliphatic carbocycles. The Bertz CT molecular complexity index is 685. The SMILES string of the molecule is Cc1cc2nnc(C(=O)c3ccco3)cn2n1. The first-order chi connectivity index (χ1) is 8.24. The summed E-state index contributed by atoms with van der Waals surface area (Å²) in [6.45, 7) is 1.85. The van der Waals surface area contributed by atoms with Gasteiger partial charge in [0.1, 0.15) is 0 Å². The van der Waals surface area contributed by atoms with Crippen molar-refractivity contribution in [3.8, 4) is 0 Å². The van der Waals surface area contributed by atoms with E-state index in [1.807, 2.05) is 6.92 Å². The highest BCUT2D eigenvalue weighted by molar-refractivity contribution is 6.05. The highest BCUT2D eigenvalue weighted by atomic mass is 16.3. The van der Waals surface area contributed by atoms with Crippen molar-refractivity contribution in [2.45, 2.75) is 6.92 Å². The zero-order chi connectivity index (χ0) is 11.8. The van der Waals surface area contributed by atoms with Crippen LogP contribution in [0.25, 0.3) is 5.65 Å². The highest BCUT2D eigenvalue weighted by Crippen LogP contribution is 2.08. The molecule has 0 fully saturated rings. The maximum atomic E-state index is 11.9. The zero-order valence-corrected chi connectivity index (χ0v) is 8.99. The van der Waals surface area contributed by atoms with Gasteiger partial charge in [-0.15, -0.1) is 10.2 Å². The fourth-order valence-corrected chi connectivity index (χ4v) is 1.56. The van der Waals surface area contributed by atoms with E-state index in [1.165, 1.54) is 10.8 Å². The molecule has 6 nitrogen and oxygen atoms in total. The first-order valence-electron chi connectivity index (χ1n) is 5.02. The molecule has 3 aromatic rings. The fourth-order valence-electron chi connectivity index (χ4n) is 1.56. The number of aryl methyl sites for hydroxylation is 1. The van der Waals surface area contributed by atoms with E-state index in [0.717, 1.165) is 5.69 Å². The Morgan fingerprint density at radius 1 is 1.41 bits per heavy atom. The van der Waals surface area contributed by atoms with Gasteiger partial charge < -0.3 is 4.42 Å². The van der Waals surface area contributed by atoms with Crippen LogP contribution in [0, 0.1) is 6.92 Å². The lowest BCUT2D eigenvalue weighted by atomic mass is 10.2. The molecule has 3 aromatic heterocycles. The average molecular weight is 228 g/mol. The molecule has 0 radical (unpaired) electrons. The molecule has 0 N–H and O–H groups in total. The summed E-state index contributed by atoms with van der Waals surface area (Å²) in [6.07, 6.45) is 2.98. The summed E-state index contributed by atoms with van der Waals surface area (Å²) in [4.78, 5) is 11.9. The summed E-state index contributed by atoms with van der Waals surface area (Å²) in [5, 5.41) is 11.9. The molecule has 0 aromatic carbocycles. The summed E-state index contributed by atoms with van der Waals surface area (Å²) in [5.41, 5.74) is 1.64. The third-order valence-electron chi connectivity index (χ3n) is 2.32. The van der Waals surface area contributed by atoms with Crippen LogP contribution in [-0.4, -0.2) is 25.6 Å². The molecule has 17 heavy (non-hydrogen) atoms. The van der Waals surface area contributed by atoms with Gasteiger partial charge >= 0.3 is 0 Å². The second kappa shape index (κ2) is 3.51. The molecule has 0 unspecified atom stereocenters. The van der Waals surface area contributed by atoms with Crippen LogP contribution in [0.15, 0.2) is 35.1 Å². The van der Waals surface area contributed by atoms with Crippen LogP contribution >= 0.6 is 0 Å². The molecule has 0 bridgehead atoms. The number of carbonyl (C=O) groups excluding carboxylic acids is 1. The van der Waals surface area contributed by atoms with E-state index >= 15 is 0 Å². The van der Waals surface area contributed by atoms with Crippen LogP contribution in [-0.2, 0) is 0 Å². The smallest absolute Gasteiger partial charge is 0.249 e. The first-order valence-corrected chi connectivity index (χ1v) is 5.02. The molecule has 0 saturated heterocycles. The van der Waals surface area contributed by atoms with Crippen molar-refractivity contribution in [3.05, 3.63) is 47.8 Å². The van der Waals surface area contributed by atoms with Gasteiger partial charge in [-0.05, 0) is 19.1 Å². The van der Waals surface area contributed by atoms with Gasteiger partial charge in [0.25, 0.3) is 0 Å². The Balaban J connectivity index is 2.09. The van der Waals surface area contributed by atoms with E-state index in [0.29, 0.717) is 5.65 Å². The summed E-state index contributed by atoms with van der Waals surface area (Å²) < 4.78 is 6.55. The number of aromatic nitrogens is 4. The lowest BCUT2D eigenvalue weighted by Crippen LogP contribution is -2.07. The van der Waals surface area contributed by atoms with Crippen LogP contribution in [0.2, 0.25) is 0 Å². The fraction of sp³-hybridized carbons (Fsp3) is 0.0909. The van der Waals surface area contributed by atoms with Crippen molar-refractivity contribution in [2.24, 2.45) is 0 Å². The number of hydrogen-bond donors (Lipinski definition) is 0. The van der Waals surface area contributed by atoms with Gasteiger partial charge in [0, 0.05) is 6.07 Å². The zero-order valence-electron chi connectivity index (χ0n) is 8.99. The van der Waals surface area contributed by atoms with Gasteiger partial charge in [-0.2, -0.15) is 5.10 Å². The Morgan fingerprint density at radius 2 is 2.29 bits per heavy atom. The quantitative estimate of drug-likeness (QED) is 0.617. The van der Waals surface area contributed by atoms with Crippen LogP contribution in [0.4, 0.5) is 0 Å². The minimum atomic E-state index is -0.308. The maximum absolute atomic E-state index is 11.9. The largest absolute Gasteiger partial charge is 0.461 e. The number of fused-ring (bicyclic) bond motifs is 1. The summed E-state index contributed by atoms with van der Waals surface area (Å²) in [7, 11) is 0. The minimum absolute atomic E-state index is 0.204. The predicted molar refractivity (Wildman–Crippen MR) is 57.7 cm³/mol. The summed E-state index contributed by atoms with van der Waals surface area (Å²) >= 11 is 0. The third-order valence-corrected chi connectivity index (χ3v) is 2.32. The average Bonchev–Trinajstić information content (AvgIpc) is 2.94. The van der Waals surface area contributed by atoms with E-state index in [1.54, 1.807) is 24.4 Å². The van der Waals surface area contributed by atoms with Crippen molar-refractivity contribution in [2.75, 3.05) is 0 Å². The Morgan fingerprint density at radius 3 is 3.06 bits per heavy atom. The van der Waals surface area contributed by atoms with Crippen molar-refractivity contribution in [3.63, 3.8) is 0 Å². The molecular weight excluding hydrogens is 220 g/mol. The lowest BCUT2D eigenvalue weighted by Gasteiger charge is -1.96. The second-order valence-corrected chi connectivity index (χ2v) is 3.61. The minimum Gasteiger partial charge on any atom is -0.461 e. The van der Waals surface area contributed by atoms with Crippen LogP contribution < -0.4 is 0 Å². The van der Waals surface area contributed by atoms with Crippen molar-refractivity contribution < 1.29 is 9.21 Å². The van der Waals surface area contributed by atoms with Crippen molar-refractivity contribution in [1.29, 1.82) is 0 Å². The van der Waals surface area contributed by atoms with Gasteiger partial charge in [-0.1, -0.05) is 0 Å². The standard InChI is InChI=1S/C11H8N4O2/c1-7-5-10-13-12-8(6-15(10)14-7)11(16)9-3-2-4-17-9/h2-6H,1H3. The molecule has 0 aliphatic heterocycles. The van der Waals surface area contributed by atoms with Crippen molar-refractivity contribution in [1.82, 2.24) is 19.8 Å². The van der Waals surface area contributed by atoms with Gasteiger partial charge in [0.2, 0.25) is 5.78 Å². The van der Waals surface area contributed by atoms with Crippen LogP contribution in [0.1, 0.15) is 21.9 Å². The molecule has 3 rings (SSSR count). The molecule has 84 valence electrons. The number of nitrogens with zero attached hydrogens (tertiary/aromatic N) is 4. The highest BCUT2D eigenvalue weighted by Gasteiger charge is 2.15. The Labute approximate surface area is 95.9 Å². The summed E-state index contributed by atoms with van der Waals surface area (Å²) in [6, 6.07) is 5.02. The van der Waals surface area contributed by atoms with Gasteiger partial charge in [0.15, 0.2) is 17.1 Å². The molecular formula is C11H8N4O2. The number of hydrogen-bond acceptors (Lipinski definition) is 5. The van der Waals surface area contributed by atoms with Gasteiger partial charge in [0.05, 0.1) is 18.2 Å². The number of ketones is 1. The van der Waals surface area contributed by atoms with Gasteiger partial charge in [-0.25, -0.2) is 4.52 Å². The lowest BCUT2D eigenvalue weighted by molar-refractivity contribution is 0.100.